The molecule has 2 rings (SSSR count). The van der Waals surface area contributed by atoms with Gasteiger partial charge in [-0.3, -0.25) is 4.90 Å². The van der Waals surface area contributed by atoms with E-state index in [2.05, 4.69) is 20.8 Å². The molecule has 2 fully saturated rings. The van der Waals surface area contributed by atoms with Gasteiger partial charge in [0.2, 0.25) is 0 Å². The van der Waals surface area contributed by atoms with Crippen molar-refractivity contribution in [2.45, 2.75) is 44.6 Å². The van der Waals surface area contributed by atoms with Gasteiger partial charge >= 0.3 is 0 Å². The molecule has 1 aliphatic heterocycles. The van der Waals surface area contributed by atoms with Crippen molar-refractivity contribution in [3.05, 3.63) is 0 Å². The first kappa shape index (κ1) is 11.9. The van der Waals surface area contributed by atoms with Crippen LogP contribution in [0.1, 0.15) is 38.5 Å². The first-order chi connectivity index (χ1) is 7.29. The van der Waals surface area contributed by atoms with Crippen LogP contribution in [-0.4, -0.2) is 41.1 Å². The van der Waals surface area contributed by atoms with Crippen LogP contribution in [0.5, 0.6) is 0 Å². The Morgan fingerprint density at radius 2 is 2.07 bits per heavy atom. The van der Waals surface area contributed by atoms with Crippen molar-refractivity contribution in [3.8, 4) is 0 Å². The van der Waals surface area contributed by atoms with Crippen molar-refractivity contribution >= 4 is 15.9 Å². The lowest BCUT2D eigenvalue weighted by Crippen LogP contribution is -2.41. The van der Waals surface area contributed by atoms with Gasteiger partial charge in [0.1, 0.15) is 0 Å². The summed E-state index contributed by atoms with van der Waals surface area (Å²) in [6, 6.07) is 0.434. The number of halogens is 1. The molecule has 3 heteroatoms. The van der Waals surface area contributed by atoms with Gasteiger partial charge in [-0.05, 0) is 37.6 Å². The molecule has 1 aliphatic carbocycles. The summed E-state index contributed by atoms with van der Waals surface area (Å²) in [4.78, 5) is 2.54. The second kappa shape index (κ2) is 5.15. The summed E-state index contributed by atoms with van der Waals surface area (Å²) in [7, 11) is 0. The van der Waals surface area contributed by atoms with Gasteiger partial charge in [-0.1, -0.05) is 28.8 Å². The summed E-state index contributed by atoms with van der Waals surface area (Å²) in [5.74, 6) is 0. The van der Waals surface area contributed by atoms with E-state index in [4.69, 9.17) is 0 Å². The molecule has 0 aromatic carbocycles. The zero-order chi connectivity index (χ0) is 10.7. The molecule has 0 spiro atoms. The summed E-state index contributed by atoms with van der Waals surface area (Å²) >= 11 is 3.63. The lowest BCUT2D eigenvalue weighted by molar-refractivity contribution is 0.108. The smallest absolute Gasteiger partial charge is 0.0586 e. The predicted molar refractivity (Wildman–Crippen MR) is 66.4 cm³/mol. The number of alkyl halides is 1. The van der Waals surface area contributed by atoms with Gasteiger partial charge < -0.3 is 5.11 Å². The van der Waals surface area contributed by atoms with Gasteiger partial charge in [0.05, 0.1) is 6.61 Å². The molecule has 1 heterocycles. The summed E-state index contributed by atoms with van der Waals surface area (Å²) < 4.78 is 0. The Hall–Kier alpha value is 0.400. The molecule has 88 valence electrons. The fourth-order valence-electron chi connectivity index (χ4n) is 2.59. The van der Waals surface area contributed by atoms with E-state index in [1.54, 1.807) is 0 Å². The van der Waals surface area contributed by atoms with Gasteiger partial charge in [-0.2, -0.15) is 0 Å². The van der Waals surface area contributed by atoms with Crippen molar-refractivity contribution in [2.75, 3.05) is 25.0 Å². The van der Waals surface area contributed by atoms with Crippen LogP contribution < -0.4 is 0 Å². The minimum atomic E-state index is 0.346. The molecule has 0 aromatic rings. The Kier molecular flexibility index (Phi) is 4.08. The van der Waals surface area contributed by atoms with Gasteiger partial charge in [0.25, 0.3) is 0 Å². The van der Waals surface area contributed by atoms with Crippen LogP contribution in [0.2, 0.25) is 0 Å². The third kappa shape index (κ3) is 2.95. The first-order valence-electron chi connectivity index (χ1n) is 6.20. The molecule has 0 radical (unpaired) electrons. The van der Waals surface area contributed by atoms with Crippen molar-refractivity contribution in [1.82, 2.24) is 4.90 Å². The number of aliphatic hydroxyl groups excluding tert-OH is 1. The number of hydrogen-bond acceptors (Lipinski definition) is 2. The highest BCUT2D eigenvalue weighted by Crippen LogP contribution is 2.48. The average molecular weight is 276 g/mol. The van der Waals surface area contributed by atoms with E-state index >= 15 is 0 Å². The second-order valence-electron chi connectivity index (χ2n) is 5.29. The van der Waals surface area contributed by atoms with Gasteiger partial charge in [-0.15, -0.1) is 0 Å². The Bertz CT molecular complexity index is 206. The molecule has 1 saturated heterocycles. The van der Waals surface area contributed by atoms with Crippen LogP contribution in [0.15, 0.2) is 0 Å². The van der Waals surface area contributed by atoms with E-state index in [0.717, 1.165) is 5.33 Å². The van der Waals surface area contributed by atoms with Crippen LogP contribution in [0.3, 0.4) is 0 Å². The predicted octanol–water partition coefficient (Wildman–Crippen LogP) is 2.40. The third-order valence-corrected chi connectivity index (χ3v) is 5.18. The molecule has 2 nitrogen and oxygen atoms in total. The zero-order valence-corrected chi connectivity index (χ0v) is 11.0. The van der Waals surface area contributed by atoms with Crippen LogP contribution in [0.25, 0.3) is 0 Å². The van der Waals surface area contributed by atoms with Crippen molar-refractivity contribution in [3.63, 3.8) is 0 Å². The van der Waals surface area contributed by atoms with E-state index < -0.39 is 0 Å². The molecule has 1 atom stereocenters. The highest BCUT2D eigenvalue weighted by molar-refractivity contribution is 9.09. The largest absolute Gasteiger partial charge is 0.395 e. The monoisotopic (exact) mass is 275 g/mol. The molecule has 1 unspecified atom stereocenters. The Morgan fingerprint density at radius 3 is 2.67 bits per heavy atom. The standard InChI is InChI=1S/C12H22BrNO/c13-9-12(5-6-12)10-14-7-3-1-2-4-11(14)8-15/h11,15H,1-10H2. The number of likely N-dealkylation sites (tertiary alicyclic amines) is 1. The molecule has 0 amide bonds. The lowest BCUT2D eigenvalue weighted by Gasteiger charge is -2.31. The molecule has 1 N–H and O–H groups in total. The fourth-order valence-corrected chi connectivity index (χ4v) is 3.33. The summed E-state index contributed by atoms with van der Waals surface area (Å²) in [6.07, 6.45) is 7.88. The number of nitrogens with zero attached hydrogens (tertiary/aromatic N) is 1. The van der Waals surface area contributed by atoms with Crippen molar-refractivity contribution in [2.24, 2.45) is 5.41 Å². The topological polar surface area (TPSA) is 23.5 Å². The number of rotatable bonds is 4. The normalized spacial score (nSPS) is 31.2. The zero-order valence-electron chi connectivity index (χ0n) is 9.42. The van der Waals surface area contributed by atoms with Crippen molar-refractivity contribution < 1.29 is 5.11 Å². The van der Waals surface area contributed by atoms with E-state index in [1.165, 1.54) is 51.6 Å². The maximum absolute atomic E-state index is 9.42. The Labute approximate surface area is 101 Å². The van der Waals surface area contributed by atoms with E-state index in [-0.39, 0.29) is 0 Å². The minimum Gasteiger partial charge on any atom is -0.395 e. The second-order valence-corrected chi connectivity index (χ2v) is 5.85. The minimum absolute atomic E-state index is 0.346. The molecule has 15 heavy (non-hydrogen) atoms. The van der Waals surface area contributed by atoms with E-state index in [0.29, 0.717) is 18.1 Å². The number of hydrogen-bond donors (Lipinski definition) is 1. The third-order valence-electron chi connectivity index (χ3n) is 3.99. The van der Waals surface area contributed by atoms with Crippen LogP contribution in [0.4, 0.5) is 0 Å². The van der Waals surface area contributed by atoms with Gasteiger partial charge in [-0.25, -0.2) is 0 Å². The van der Waals surface area contributed by atoms with Gasteiger partial charge in [0.15, 0.2) is 0 Å². The molecule has 0 bridgehead atoms. The van der Waals surface area contributed by atoms with Crippen LogP contribution in [0, 0.1) is 5.41 Å². The quantitative estimate of drug-likeness (QED) is 0.797. The van der Waals surface area contributed by atoms with Crippen LogP contribution >= 0.6 is 15.9 Å². The maximum Gasteiger partial charge on any atom is 0.0586 e. The molecular formula is C12H22BrNO. The Balaban J connectivity index is 1.91. The molecular weight excluding hydrogens is 254 g/mol. The Morgan fingerprint density at radius 1 is 1.27 bits per heavy atom. The average Bonchev–Trinajstić information content (AvgIpc) is 3.04. The van der Waals surface area contributed by atoms with Crippen molar-refractivity contribution in [1.29, 1.82) is 0 Å². The van der Waals surface area contributed by atoms with E-state index in [1.807, 2.05) is 0 Å². The number of aliphatic hydroxyl groups is 1. The van der Waals surface area contributed by atoms with Crippen LogP contribution in [-0.2, 0) is 0 Å². The summed E-state index contributed by atoms with van der Waals surface area (Å²) in [5.41, 5.74) is 0.553. The molecule has 2 aliphatic rings. The fraction of sp³-hybridized carbons (Fsp3) is 1.00. The SMILES string of the molecule is OCC1CCCCCN1CC1(CBr)CC1. The van der Waals surface area contributed by atoms with Gasteiger partial charge in [0, 0.05) is 17.9 Å². The summed E-state index contributed by atoms with van der Waals surface area (Å²) in [5, 5.41) is 10.6. The molecule has 1 saturated carbocycles. The molecule has 0 aromatic heterocycles. The lowest BCUT2D eigenvalue weighted by atomic mass is 10.1. The maximum atomic E-state index is 9.42. The van der Waals surface area contributed by atoms with E-state index in [9.17, 15) is 5.11 Å². The first-order valence-corrected chi connectivity index (χ1v) is 7.33. The highest BCUT2D eigenvalue weighted by atomic mass is 79.9. The summed E-state index contributed by atoms with van der Waals surface area (Å²) in [6.45, 7) is 2.74. The highest BCUT2D eigenvalue weighted by Gasteiger charge is 2.43.